The number of Topliss-reactive ketones (excluding diaryl/α,β-unsaturated/α-hetero) is 1. The van der Waals surface area contributed by atoms with E-state index in [9.17, 15) is 14.4 Å². The van der Waals surface area contributed by atoms with Crippen molar-refractivity contribution in [2.75, 3.05) is 6.54 Å². The number of hydrogen-bond donors (Lipinski definition) is 2. The van der Waals surface area contributed by atoms with Crippen LogP contribution in [0.4, 0.5) is 0 Å². The molecule has 0 aliphatic carbocycles. The van der Waals surface area contributed by atoms with E-state index in [1.54, 1.807) is 38.1 Å². The van der Waals surface area contributed by atoms with Gasteiger partial charge in [0.05, 0.1) is 0 Å². The molecule has 2 N–H and O–H groups in total. The maximum Gasteiger partial charge on any atom is 0.261 e. The molecule has 0 saturated heterocycles. The third-order valence-corrected chi connectivity index (χ3v) is 3.22. The number of ketones is 1. The van der Waals surface area contributed by atoms with Crippen molar-refractivity contribution in [1.29, 1.82) is 0 Å². The Bertz CT molecular complexity index is 571. The van der Waals surface area contributed by atoms with Crippen LogP contribution < -0.4 is 15.4 Å². The molecule has 0 aromatic heterocycles. The molecule has 6 heteroatoms. The highest BCUT2D eigenvalue weighted by molar-refractivity contribution is 5.94. The molecule has 1 aromatic carbocycles. The zero-order chi connectivity index (χ0) is 17.4. The fraction of sp³-hybridized carbons (Fsp3) is 0.471. The summed E-state index contributed by atoms with van der Waals surface area (Å²) in [6.45, 7) is 7.20. The van der Waals surface area contributed by atoms with E-state index in [1.165, 1.54) is 6.92 Å². The van der Waals surface area contributed by atoms with Crippen molar-refractivity contribution in [2.45, 2.75) is 46.3 Å². The first-order chi connectivity index (χ1) is 10.8. The van der Waals surface area contributed by atoms with Gasteiger partial charge in [-0.1, -0.05) is 19.1 Å². The molecule has 0 unspecified atom stereocenters. The second-order valence-electron chi connectivity index (χ2n) is 5.37. The lowest BCUT2D eigenvalue weighted by Gasteiger charge is -2.18. The van der Waals surface area contributed by atoms with Crippen LogP contribution in [-0.2, 0) is 9.59 Å². The van der Waals surface area contributed by atoms with Gasteiger partial charge in [-0.2, -0.15) is 0 Å². The SMILES string of the molecule is CCCNC(=O)[C@@H](C)NC(=O)[C@H](C)Oc1cccc(C(C)=O)c1. The number of ether oxygens (including phenoxy) is 1. The molecule has 0 aliphatic heterocycles. The lowest BCUT2D eigenvalue weighted by atomic mass is 10.1. The quantitative estimate of drug-likeness (QED) is 0.714. The Morgan fingerprint density at radius 1 is 1.17 bits per heavy atom. The summed E-state index contributed by atoms with van der Waals surface area (Å²) in [6, 6.07) is 6.00. The average Bonchev–Trinajstić information content (AvgIpc) is 2.52. The summed E-state index contributed by atoms with van der Waals surface area (Å²) in [7, 11) is 0. The number of carbonyl (C=O) groups is 3. The van der Waals surface area contributed by atoms with Gasteiger partial charge in [-0.25, -0.2) is 0 Å². The summed E-state index contributed by atoms with van der Waals surface area (Å²) in [5, 5.41) is 5.32. The first kappa shape index (κ1) is 18.7. The highest BCUT2D eigenvalue weighted by Crippen LogP contribution is 2.15. The van der Waals surface area contributed by atoms with Gasteiger partial charge in [-0.3, -0.25) is 14.4 Å². The van der Waals surface area contributed by atoms with Crippen molar-refractivity contribution in [3.05, 3.63) is 29.8 Å². The van der Waals surface area contributed by atoms with Gasteiger partial charge in [-0.15, -0.1) is 0 Å². The lowest BCUT2D eigenvalue weighted by Crippen LogP contribution is -2.48. The summed E-state index contributed by atoms with van der Waals surface area (Å²) in [6.07, 6.45) is 0.0527. The van der Waals surface area contributed by atoms with E-state index < -0.39 is 18.1 Å². The van der Waals surface area contributed by atoms with Gasteiger partial charge in [0, 0.05) is 12.1 Å². The van der Waals surface area contributed by atoms with E-state index in [0.717, 1.165) is 6.42 Å². The number of hydrogen-bond acceptors (Lipinski definition) is 4. The second-order valence-corrected chi connectivity index (χ2v) is 5.37. The molecular formula is C17H24N2O4. The van der Waals surface area contributed by atoms with Crippen molar-refractivity contribution >= 4 is 17.6 Å². The fourth-order valence-electron chi connectivity index (χ4n) is 1.84. The normalized spacial score (nSPS) is 12.9. The lowest BCUT2D eigenvalue weighted by molar-refractivity contribution is -0.132. The predicted octanol–water partition coefficient (Wildman–Crippen LogP) is 1.69. The first-order valence-corrected chi connectivity index (χ1v) is 7.70. The minimum Gasteiger partial charge on any atom is -0.481 e. The molecule has 0 fully saturated rings. The molecule has 0 radical (unpaired) electrons. The Kier molecular flexibility index (Phi) is 7.25. The summed E-state index contributed by atoms with van der Waals surface area (Å²) in [4.78, 5) is 35.2. The van der Waals surface area contributed by atoms with Gasteiger partial charge in [0.15, 0.2) is 11.9 Å². The second kappa shape index (κ2) is 8.92. The summed E-state index contributed by atoms with van der Waals surface area (Å²) < 4.78 is 5.53. The van der Waals surface area contributed by atoms with Gasteiger partial charge in [0.1, 0.15) is 11.8 Å². The van der Waals surface area contributed by atoms with Crippen LogP contribution in [0, 0.1) is 0 Å². The van der Waals surface area contributed by atoms with Crippen molar-refractivity contribution < 1.29 is 19.1 Å². The van der Waals surface area contributed by atoms with Crippen LogP contribution in [-0.4, -0.2) is 36.3 Å². The Morgan fingerprint density at radius 3 is 2.48 bits per heavy atom. The third-order valence-electron chi connectivity index (χ3n) is 3.22. The van der Waals surface area contributed by atoms with Crippen molar-refractivity contribution in [3.8, 4) is 5.75 Å². The minimum absolute atomic E-state index is 0.0752. The van der Waals surface area contributed by atoms with E-state index in [2.05, 4.69) is 10.6 Å². The van der Waals surface area contributed by atoms with E-state index in [-0.39, 0.29) is 11.7 Å². The van der Waals surface area contributed by atoms with Crippen LogP contribution in [0.15, 0.2) is 24.3 Å². The Labute approximate surface area is 136 Å². The van der Waals surface area contributed by atoms with Gasteiger partial charge in [0.25, 0.3) is 5.91 Å². The monoisotopic (exact) mass is 320 g/mol. The molecule has 2 amide bonds. The number of rotatable bonds is 8. The molecule has 2 atom stereocenters. The van der Waals surface area contributed by atoms with Gasteiger partial charge >= 0.3 is 0 Å². The predicted molar refractivity (Wildman–Crippen MR) is 87.4 cm³/mol. The van der Waals surface area contributed by atoms with Crippen LogP contribution in [0.1, 0.15) is 44.5 Å². The maximum atomic E-state index is 12.1. The van der Waals surface area contributed by atoms with Gasteiger partial charge < -0.3 is 15.4 Å². The smallest absolute Gasteiger partial charge is 0.261 e. The van der Waals surface area contributed by atoms with Crippen LogP contribution in [0.5, 0.6) is 5.75 Å². The summed E-state index contributed by atoms with van der Waals surface area (Å²) in [5.74, 6) is -0.263. The van der Waals surface area contributed by atoms with Gasteiger partial charge in [0.2, 0.25) is 5.91 Å². The van der Waals surface area contributed by atoms with Crippen LogP contribution in [0.3, 0.4) is 0 Å². The van der Waals surface area contributed by atoms with Crippen LogP contribution in [0.2, 0.25) is 0 Å². The largest absolute Gasteiger partial charge is 0.481 e. The van der Waals surface area contributed by atoms with Crippen LogP contribution >= 0.6 is 0 Å². The van der Waals surface area contributed by atoms with Crippen molar-refractivity contribution in [1.82, 2.24) is 10.6 Å². The highest BCUT2D eigenvalue weighted by Gasteiger charge is 2.20. The third kappa shape index (κ3) is 6.10. The standard InChI is InChI=1S/C17H24N2O4/c1-5-9-18-16(21)11(2)19-17(22)13(4)23-15-8-6-7-14(10-15)12(3)20/h6-8,10-11,13H,5,9H2,1-4H3,(H,18,21)(H,19,22)/t11-,13+/m1/s1. The minimum atomic E-state index is -0.779. The zero-order valence-corrected chi connectivity index (χ0v) is 14.0. The topological polar surface area (TPSA) is 84.5 Å². The van der Waals surface area contributed by atoms with E-state index in [4.69, 9.17) is 4.74 Å². The number of benzene rings is 1. The number of nitrogens with one attached hydrogen (secondary N) is 2. The van der Waals surface area contributed by atoms with Crippen LogP contribution in [0.25, 0.3) is 0 Å². The van der Waals surface area contributed by atoms with Gasteiger partial charge in [-0.05, 0) is 39.3 Å². The van der Waals surface area contributed by atoms with E-state index in [0.29, 0.717) is 17.9 Å². The maximum absolute atomic E-state index is 12.1. The van der Waals surface area contributed by atoms with Crippen molar-refractivity contribution in [3.63, 3.8) is 0 Å². The molecule has 0 aliphatic rings. The molecule has 126 valence electrons. The fourth-order valence-corrected chi connectivity index (χ4v) is 1.84. The molecule has 1 aromatic rings. The first-order valence-electron chi connectivity index (χ1n) is 7.70. The highest BCUT2D eigenvalue weighted by atomic mass is 16.5. The molecule has 0 bridgehead atoms. The van der Waals surface area contributed by atoms with Crippen molar-refractivity contribution in [2.24, 2.45) is 0 Å². The summed E-state index contributed by atoms with van der Waals surface area (Å²) in [5.41, 5.74) is 0.516. The average molecular weight is 320 g/mol. The molecule has 0 spiro atoms. The molecule has 6 nitrogen and oxygen atoms in total. The molecular weight excluding hydrogens is 296 g/mol. The Balaban J connectivity index is 2.58. The number of amides is 2. The zero-order valence-electron chi connectivity index (χ0n) is 14.0. The molecule has 0 heterocycles. The molecule has 1 rings (SSSR count). The Morgan fingerprint density at radius 2 is 1.87 bits per heavy atom. The molecule has 0 saturated carbocycles. The number of carbonyl (C=O) groups excluding carboxylic acids is 3. The van der Waals surface area contributed by atoms with E-state index >= 15 is 0 Å². The van der Waals surface area contributed by atoms with E-state index in [1.807, 2.05) is 6.92 Å². The summed E-state index contributed by atoms with van der Waals surface area (Å²) >= 11 is 0. The Hall–Kier alpha value is -2.37. The molecule has 23 heavy (non-hydrogen) atoms.